The van der Waals surface area contributed by atoms with Crippen molar-refractivity contribution in [2.75, 3.05) is 0 Å². The Hall–Kier alpha value is -1.02. The molecule has 2 heteroatoms. The zero-order valence-corrected chi connectivity index (χ0v) is 12.8. The fourth-order valence-corrected chi connectivity index (χ4v) is 4.06. The third-order valence-electron chi connectivity index (χ3n) is 5.44. The molecule has 2 aliphatic carbocycles. The second-order valence-electron chi connectivity index (χ2n) is 6.94. The van der Waals surface area contributed by atoms with Crippen molar-refractivity contribution in [3.8, 4) is 5.75 Å². The second kappa shape index (κ2) is 5.40. The molecule has 0 heterocycles. The zero-order valence-electron chi connectivity index (χ0n) is 12.8. The minimum atomic E-state index is 0.266. The molecule has 1 spiro atoms. The Labute approximate surface area is 122 Å². The van der Waals surface area contributed by atoms with Crippen LogP contribution in [-0.4, -0.2) is 12.1 Å². The van der Waals surface area contributed by atoms with Crippen LogP contribution in [0.1, 0.15) is 63.9 Å². The maximum atomic E-state index is 6.43. The minimum Gasteiger partial charge on any atom is -0.489 e. The van der Waals surface area contributed by atoms with Crippen LogP contribution in [0.4, 0.5) is 0 Å². The van der Waals surface area contributed by atoms with Crippen molar-refractivity contribution in [1.82, 2.24) is 0 Å². The minimum absolute atomic E-state index is 0.266. The quantitative estimate of drug-likeness (QED) is 0.894. The van der Waals surface area contributed by atoms with Crippen LogP contribution in [0, 0.1) is 5.41 Å². The van der Waals surface area contributed by atoms with Gasteiger partial charge in [0.05, 0.1) is 0 Å². The van der Waals surface area contributed by atoms with E-state index in [1.807, 2.05) is 0 Å². The molecule has 20 heavy (non-hydrogen) atoms. The topological polar surface area (TPSA) is 35.2 Å². The van der Waals surface area contributed by atoms with Gasteiger partial charge in [-0.2, -0.15) is 0 Å². The van der Waals surface area contributed by atoms with Gasteiger partial charge in [-0.15, -0.1) is 0 Å². The van der Waals surface area contributed by atoms with Gasteiger partial charge in [0.1, 0.15) is 11.9 Å². The van der Waals surface area contributed by atoms with Crippen LogP contribution in [0.15, 0.2) is 24.3 Å². The Balaban J connectivity index is 1.78. The van der Waals surface area contributed by atoms with Gasteiger partial charge in [0.2, 0.25) is 0 Å². The number of benzene rings is 1. The van der Waals surface area contributed by atoms with Gasteiger partial charge in [0.15, 0.2) is 0 Å². The van der Waals surface area contributed by atoms with Gasteiger partial charge in [0.25, 0.3) is 0 Å². The normalized spacial score (nSPS) is 28.4. The summed E-state index contributed by atoms with van der Waals surface area (Å²) in [5, 5.41) is 0. The Morgan fingerprint density at radius 2 is 1.85 bits per heavy atom. The summed E-state index contributed by atoms with van der Waals surface area (Å²) in [6.07, 6.45) is 7.86. The van der Waals surface area contributed by atoms with E-state index in [0.717, 1.165) is 12.2 Å². The highest BCUT2D eigenvalue weighted by Crippen LogP contribution is 2.52. The van der Waals surface area contributed by atoms with Crippen LogP contribution in [0.3, 0.4) is 0 Å². The Morgan fingerprint density at radius 3 is 2.50 bits per heavy atom. The van der Waals surface area contributed by atoms with E-state index in [2.05, 4.69) is 38.1 Å². The highest BCUT2D eigenvalue weighted by Gasteiger charge is 2.55. The SMILES string of the molecule is CC(C)c1ccccc1OC1CC(N)C12CCCCC2. The van der Waals surface area contributed by atoms with Crippen molar-refractivity contribution in [2.45, 2.75) is 70.4 Å². The van der Waals surface area contributed by atoms with E-state index in [4.69, 9.17) is 10.5 Å². The van der Waals surface area contributed by atoms with Crippen molar-refractivity contribution in [3.05, 3.63) is 29.8 Å². The van der Waals surface area contributed by atoms with Crippen LogP contribution in [0.2, 0.25) is 0 Å². The molecule has 1 aromatic carbocycles. The average Bonchev–Trinajstić information content (AvgIpc) is 2.48. The van der Waals surface area contributed by atoms with Crippen molar-refractivity contribution in [1.29, 1.82) is 0 Å². The maximum absolute atomic E-state index is 6.43. The predicted octanol–water partition coefficient (Wildman–Crippen LogP) is 4.24. The van der Waals surface area contributed by atoms with Gasteiger partial charge in [-0.05, 0) is 30.4 Å². The molecule has 0 aromatic heterocycles. The molecule has 3 rings (SSSR count). The smallest absolute Gasteiger partial charge is 0.123 e. The summed E-state index contributed by atoms with van der Waals surface area (Å²) in [4.78, 5) is 0. The summed E-state index contributed by atoms with van der Waals surface area (Å²) >= 11 is 0. The molecule has 2 nitrogen and oxygen atoms in total. The first kappa shape index (κ1) is 13.9. The lowest BCUT2D eigenvalue weighted by molar-refractivity contribution is -0.0902. The van der Waals surface area contributed by atoms with E-state index in [-0.39, 0.29) is 5.41 Å². The number of ether oxygens (including phenoxy) is 1. The lowest BCUT2D eigenvalue weighted by atomic mass is 9.55. The van der Waals surface area contributed by atoms with Crippen LogP contribution in [0.25, 0.3) is 0 Å². The van der Waals surface area contributed by atoms with Crippen LogP contribution >= 0.6 is 0 Å². The third kappa shape index (κ3) is 2.24. The first-order chi connectivity index (χ1) is 9.63. The van der Waals surface area contributed by atoms with Crippen LogP contribution < -0.4 is 10.5 Å². The van der Waals surface area contributed by atoms with Crippen molar-refractivity contribution >= 4 is 0 Å². The highest BCUT2D eigenvalue weighted by atomic mass is 16.5. The lowest BCUT2D eigenvalue weighted by Crippen LogP contribution is -2.64. The fourth-order valence-electron chi connectivity index (χ4n) is 4.06. The largest absolute Gasteiger partial charge is 0.489 e. The zero-order chi connectivity index (χ0) is 14.2. The molecule has 1 aromatic rings. The molecule has 0 radical (unpaired) electrons. The van der Waals surface area contributed by atoms with Gasteiger partial charge < -0.3 is 10.5 Å². The molecule has 0 saturated heterocycles. The number of para-hydroxylation sites is 1. The van der Waals surface area contributed by atoms with Crippen molar-refractivity contribution in [2.24, 2.45) is 11.1 Å². The van der Waals surface area contributed by atoms with Gasteiger partial charge in [-0.25, -0.2) is 0 Å². The highest BCUT2D eigenvalue weighted by molar-refractivity contribution is 5.36. The molecule has 110 valence electrons. The molecule has 2 fully saturated rings. The molecular weight excluding hydrogens is 246 g/mol. The van der Waals surface area contributed by atoms with Gasteiger partial charge in [0, 0.05) is 17.9 Å². The molecule has 0 aliphatic heterocycles. The summed E-state index contributed by atoms with van der Waals surface area (Å²) in [6, 6.07) is 8.83. The summed E-state index contributed by atoms with van der Waals surface area (Å²) < 4.78 is 6.43. The number of hydrogen-bond donors (Lipinski definition) is 1. The first-order valence-corrected chi connectivity index (χ1v) is 8.14. The Bertz CT molecular complexity index is 462. The predicted molar refractivity (Wildman–Crippen MR) is 83.1 cm³/mol. The van der Waals surface area contributed by atoms with E-state index in [0.29, 0.717) is 18.1 Å². The summed E-state index contributed by atoms with van der Waals surface area (Å²) in [6.45, 7) is 4.45. The van der Waals surface area contributed by atoms with Gasteiger partial charge in [-0.1, -0.05) is 51.3 Å². The Kier molecular flexibility index (Phi) is 3.76. The van der Waals surface area contributed by atoms with Gasteiger partial charge in [-0.3, -0.25) is 0 Å². The average molecular weight is 273 g/mol. The standard InChI is InChI=1S/C18H27NO/c1-13(2)14-8-4-5-9-15(14)20-17-12-16(19)18(17)10-6-3-7-11-18/h4-5,8-9,13,16-17H,3,6-7,10-12,19H2,1-2H3. The number of rotatable bonds is 3. The summed E-state index contributed by atoms with van der Waals surface area (Å²) in [5.74, 6) is 1.58. The molecule has 2 N–H and O–H groups in total. The molecule has 0 amide bonds. The maximum Gasteiger partial charge on any atom is 0.123 e. The monoisotopic (exact) mass is 273 g/mol. The molecule has 2 atom stereocenters. The fraction of sp³-hybridized carbons (Fsp3) is 0.667. The number of nitrogens with two attached hydrogens (primary N) is 1. The van der Waals surface area contributed by atoms with E-state index < -0.39 is 0 Å². The van der Waals surface area contributed by atoms with Crippen molar-refractivity contribution < 1.29 is 4.74 Å². The van der Waals surface area contributed by atoms with E-state index in [1.54, 1.807) is 0 Å². The first-order valence-electron chi connectivity index (χ1n) is 8.14. The van der Waals surface area contributed by atoms with Gasteiger partial charge >= 0.3 is 0 Å². The van der Waals surface area contributed by atoms with E-state index in [1.165, 1.54) is 37.7 Å². The molecule has 2 aliphatic rings. The van der Waals surface area contributed by atoms with Crippen molar-refractivity contribution in [3.63, 3.8) is 0 Å². The third-order valence-corrected chi connectivity index (χ3v) is 5.44. The molecule has 2 saturated carbocycles. The molecule has 2 unspecified atom stereocenters. The second-order valence-corrected chi connectivity index (χ2v) is 6.94. The van der Waals surface area contributed by atoms with Crippen LogP contribution in [0.5, 0.6) is 5.75 Å². The summed E-state index contributed by atoms with van der Waals surface area (Å²) in [7, 11) is 0. The molecular formula is C18H27NO. The lowest BCUT2D eigenvalue weighted by Gasteiger charge is -2.56. The van der Waals surface area contributed by atoms with E-state index >= 15 is 0 Å². The Morgan fingerprint density at radius 1 is 1.15 bits per heavy atom. The van der Waals surface area contributed by atoms with E-state index in [9.17, 15) is 0 Å². The number of hydrogen-bond acceptors (Lipinski definition) is 2. The summed E-state index contributed by atoms with van der Waals surface area (Å²) in [5.41, 5.74) is 7.93. The van der Waals surface area contributed by atoms with Crippen LogP contribution in [-0.2, 0) is 0 Å². The molecule has 0 bridgehead atoms.